The van der Waals surface area contributed by atoms with Crippen molar-refractivity contribution in [3.05, 3.63) is 124 Å². The zero-order chi connectivity index (χ0) is 32.4. The number of para-hydroxylation sites is 1. The summed E-state index contributed by atoms with van der Waals surface area (Å²) in [6.45, 7) is 4.45. The number of hydrogen-bond acceptors (Lipinski definition) is 6. The normalized spacial score (nSPS) is 11.9. The van der Waals surface area contributed by atoms with Crippen molar-refractivity contribution in [3.8, 4) is 11.5 Å². The van der Waals surface area contributed by atoms with Crippen molar-refractivity contribution in [1.29, 1.82) is 0 Å². The summed E-state index contributed by atoms with van der Waals surface area (Å²) in [5.41, 5.74) is 2.79. The number of carbonyl (C=O) groups excluding carboxylic acids is 2. The number of ether oxygens (including phenoxy) is 2. The van der Waals surface area contributed by atoms with Crippen LogP contribution < -0.4 is 19.5 Å². The molecule has 236 valence electrons. The Morgan fingerprint density at radius 3 is 2.24 bits per heavy atom. The third-order valence-corrected chi connectivity index (χ3v) is 8.95. The maximum atomic E-state index is 13.9. The first-order chi connectivity index (χ1) is 21.6. The van der Waals surface area contributed by atoms with Crippen LogP contribution in [-0.4, -0.2) is 27.3 Å². The van der Waals surface area contributed by atoms with Gasteiger partial charge in [-0.3, -0.25) is 9.59 Å². The zero-order valence-corrected chi connectivity index (χ0v) is 27.9. The molecule has 0 saturated carbocycles. The molecule has 45 heavy (non-hydrogen) atoms. The van der Waals surface area contributed by atoms with Gasteiger partial charge in [0.05, 0.1) is 13.2 Å². The lowest BCUT2D eigenvalue weighted by molar-refractivity contribution is -0.119. The molecule has 0 bridgehead atoms. The molecular formula is C35H37BrN2O6S. The number of aryl methyl sites for hydroxylation is 1. The molecule has 0 aliphatic carbocycles. The molecular weight excluding hydrogens is 656 g/mol. The van der Waals surface area contributed by atoms with Gasteiger partial charge in [-0.05, 0) is 71.8 Å². The smallest absolute Gasteiger partial charge is 0.267 e. The summed E-state index contributed by atoms with van der Waals surface area (Å²) < 4.78 is 39.8. The highest BCUT2D eigenvalue weighted by atomic mass is 79.9. The van der Waals surface area contributed by atoms with Crippen LogP contribution in [0.2, 0.25) is 0 Å². The fraction of sp³-hybridized carbons (Fsp3) is 0.257. The van der Waals surface area contributed by atoms with E-state index in [-0.39, 0.29) is 42.0 Å². The van der Waals surface area contributed by atoms with E-state index in [1.165, 1.54) is 19.2 Å². The van der Waals surface area contributed by atoms with Gasteiger partial charge < -0.3 is 14.8 Å². The van der Waals surface area contributed by atoms with Gasteiger partial charge in [0.1, 0.15) is 23.0 Å². The second-order valence-electron chi connectivity index (χ2n) is 11.0. The molecule has 0 saturated heterocycles. The van der Waals surface area contributed by atoms with Crippen LogP contribution >= 0.6 is 15.9 Å². The first-order valence-electron chi connectivity index (χ1n) is 14.6. The molecule has 0 radical (unpaired) electrons. The lowest BCUT2D eigenvalue weighted by atomic mass is 9.95. The average molecular weight is 694 g/mol. The summed E-state index contributed by atoms with van der Waals surface area (Å²) in [6.07, 6.45) is 0.713. The van der Waals surface area contributed by atoms with Crippen LogP contribution in [0.25, 0.3) is 0 Å². The third-order valence-electron chi connectivity index (χ3n) is 7.07. The Hall–Kier alpha value is -4.15. The highest BCUT2D eigenvalue weighted by Gasteiger charge is 2.24. The number of carbonyl (C=O) groups is 2. The van der Waals surface area contributed by atoms with Crippen LogP contribution in [0, 0.1) is 5.92 Å². The van der Waals surface area contributed by atoms with Crippen molar-refractivity contribution in [1.82, 2.24) is 10.0 Å². The van der Waals surface area contributed by atoms with Crippen LogP contribution in [0.3, 0.4) is 0 Å². The van der Waals surface area contributed by atoms with E-state index in [0.29, 0.717) is 27.3 Å². The minimum absolute atomic E-state index is 0.111. The van der Waals surface area contributed by atoms with Crippen LogP contribution in [0.5, 0.6) is 11.5 Å². The molecule has 10 heteroatoms. The maximum absolute atomic E-state index is 13.9. The molecule has 0 aliphatic rings. The van der Waals surface area contributed by atoms with Crippen LogP contribution in [0.1, 0.15) is 59.8 Å². The SMILES string of the molecule is COc1ccc(Br)cc1S(=O)(=O)NC(=O)CCc1ccc(COc2ccccc2)cc1C(=O)NC(CC(C)C)c1ccccc1. The molecule has 8 nitrogen and oxygen atoms in total. The fourth-order valence-corrected chi connectivity index (χ4v) is 6.58. The minimum Gasteiger partial charge on any atom is -0.495 e. The number of amides is 2. The standard InChI is InChI=1S/C35H37BrN2O6S/c1-24(2)20-31(27-10-6-4-7-11-27)37-35(40)30-21-25(23-44-29-12-8-5-9-13-29)14-15-26(30)16-19-34(39)38-45(41,42)33-22-28(36)17-18-32(33)43-3/h4-15,17-18,21-22,24,31H,16,19-20,23H2,1-3H3,(H,37,40)(H,38,39). The van der Waals surface area contributed by atoms with Gasteiger partial charge in [0, 0.05) is 16.5 Å². The number of nitrogens with one attached hydrogen (secondary N) is 2. The molecule has 0 spiro atoms. The fourth-order valence-electron chi connectivity index (χ4n) is 4.86. The van der Waals surface area contributed by atoms with E-state index in [1.54, 1.807) is 18.2 Å². The Morgan fingerprint density at radius 2 is 1.58 bits per heavy atom. The number of sulfonamides is 1. The third kappa shape index (κ3) is 9.67. The summed E-state index contributed by atoms with van der Waals surface area (Å²) in [5, 5.41) is 3.19. The monoisotopic (exact) mass is 692 g/mol. The molecule has 0 aromatic heterocycles. The highest BCUT2D eigenvalue weighted by molar-refractivity contribution is 9.10. The molecule has 0 aliphatic heterocycles. The van der Waals surface area contributed by atoms with Crippen LogP contribution in [-0.2, 0) is 27.8 Å². The van der Waals surface area contributed by atoms with E-state index in [0.717, 1.165) is 17.5 Å². The van der Waals surface area contributed by atoms with E-state index in [9.17, 15) is 18.0 Å². The quantitative estimate of drug-likeness (QED) is 0.147. The molecule has 1 atom stereocenters. The Morgan fingerprint density at radius 1 is 0.889 bits per heavy atom. The summed E-state index contributed by atoms with van der Waals surface area (Å²) in [5.74, 6) is 0.152. The second kappa shape index (κ2) is 15.7. The maximum Gasteiger partial charge on any atom is 0.267 e. The summed E-state index contributed by atoms with van der Waals surface area (Å²) in [7, 11) is -2.85. The Bertz CT molecular complexity index is 1710. The molecule has 4 aromatic rings. The first-order valence-corrected chi connectivity index (χ1v) is 16.9. The number of halogens is 1. The Kier molecular flexibility index (Phi) is 11.8. The van der Waals surface area contributed by atoms with E-state index >= 15 is 0 Å². The highest BCUT2D eigenvalue weighted by Crippen LogP contribution is 2.28. The average Bonchev–Trinajstić information content (AvgIpc) is 3.03. The van der Waals surface area contributed by atoms with Gasteiger partial charge in [0.2, 0.25) is 5.91 Å². The predicted octanol–water partition coefficient (Wildman–Crippen LogP) is 6.99. The van der Waals surface area contributed by atoms with Gasteiger partial charge >= 0.3 is 0 Å². The van der Waals surface area contributed by atoms with E-state index < -0.39 is 15.9 Å². The van der Waals surface area contributed by atoms with Crippen molar-refractivity contribution in [2.75, 3.05) is 7.11 Å². The first kappa shape index (κ1) is 33.7. The zero-order valence-electron chi connectivity index (χ0n) is 25.5. The molecule has 1 unspecified atom stereocenters. The molecule has 4 aromatic carbocycles. The predicted molar refractivity (Wildman–Crippen MR) is 178 cm³/mol. The topological polar surface area (TPSA) is 111 Å². The van der Waals surface area contributed by atoms with Gasteiger partial charge in [-0.1, -0.05) is 90.4 Å². The number of rotatable bonds is 14. The van der Waals surface area contributed by atoms with Gasteiger partial charge in [-0.2, -0.15) is 0 Å². The number of hydrogen-bond donors (Lipinski definition) is 2. The van der Waals surface area contributed by atoms with E-state index in [4.69, 9.17) is 9.47 Å². The molecule has 4 rings (SSSR count). The van der Waals surface area contributed by atoms with Gasteiger partial charge in [0.25, 0.3) is 15.9 Å². The Balaban J connectivity index is 1.56. The summed E-state index contributed by atoms with van der Waals surface area (Å²) in [6, 6.07) is 28.9. The number of benzene rings is 4. The molecule has 2 amide bonds. The van der Waals surface area contributed by atoms with Crippen molar-refractivity contribution in [2.24, 2.45) is 5.92 Å². The van der Waals surface area contributed by atoms with Crippen LogP contribution in [0.4, 0.5) is 0 Å². The van der Waals surface area contributed by atoms with Gasteiger partial charge in [-0.15, -0.1) is 0 Å². The largest absolute Gasteiger partial charge is 0.495 e. The lowest BCUT2D eigenvalue weighted by Gasteiger charge is -2.22. The summed E-state index contributed by atoms with van der Waals surface area (Å²) >= 11 is 3.26. The van der Waals surface area contributed by atoms with Crippen molar-refractivity contribution in [3.63, 3.8) is 0 Å². The molecule has 2 N–H and O–H groups in total. The van der Waals surface area contributed by atoms with E-state index in [1.807, 2.05) is 66.7 Å². The molecule has 0 heterocycles. The molecule has 0 fully saturated rings. The number of methoxy groups -OCH3 is 1. The lowest BCUT2D eigenvalue weighted by Crippen LogP contribution is -2.32. The van der Waals surface area contributed by atoms with Crippen molar-refractivity contribution >= 4 is 37.8 Å². The van der Waals surface area contributed by atoms with E-state index in [2.05, 4.69) is 39.8 Å². The summed E-state index contributed by atoms with van der Waals surface area (Å²) in [4.78, 5) is 26.6. The second-order valence-corrected chi connectivity index (χ2v) is 13.5. The van der Waals surface area contributed by atoms with Gasteiger partial charge in [-0.25, -0.2) is 13.1 Å². The minimum atomic E-state index is -4.20. The van der Waals surface area contributed by atoms with Crippen molar-refractivity contribution in [2.45, 2.75) is 50.7 Å². The van der Waals surface area contributed by atoms with Crippen LogP contribution in [0.15, 0.2) is 106 Å². The van der Waals surface area contributed by atoms with Gasteiger partial charge in [0.15, 0.2) is 0 Å². The Labute approximate surface area is 273 Å². The van der Waals surface area contributed by atoms with Crippen molar-refractivity contribution < 1.29 is 27.5 Å².